The van der Waals surface area contributed by atoms with E-state index in [-0.39, 0.29) is 5.91 Å². The zero-order chi connectivity index (χ0) is 12.4. The molecule has 98 valence electrons. The molecular weight excluding hydrogens is 226 g/mol. The van der Waals surface area contributed by atoms with Crippen molar-refractivity contribution < 1.29 is 4.79 Å². The molecule has 4 nitrogen and oxygen atoms in total. The number of nitrogens with one attached hydrogen (secondary N) is 2. The van der Waals surface area contributed by atoms with Crippen LogP contribution in [0.1, 0.15) is 42.2 Å². The first kappa shape index (κ1) is 11.8. The van der Waals surface area contributed by atoms with Gasteiger partial charge in [-0.25, -0.2) is 0 Å². The Bertz CT molecular complexity index is 416. The maximum absolute atomic E-state index is 12.2. The smallest absolute Gasteiger partial charge is 0.267 e. The number of hydrogen-bond acceptors (Lipinski definition) is 2. The Labute approximate surface area is 108 Å². The SMILES string of the molecule is O=C(NCC1CC1)c1cccn1C1CCNCC1. The monoisotopic (exact) mass is 247 g/mol. The molecule has 0 aromatic carbocycles. The van der Waals surface area contributed by atoms with Crippen molar-refractivity contribution in [2.45, 2.75) is 31.7 Å². The number of aromatic nitrogens is 1. The zero-order valence-corrected chi connectivity index (χ0v) is 10.7. The van der Waals surface area contributed by atoms with Crippen LogP contribution in [0.4, 0.5) is 0 Å². The van der Waals surface area contributed by atoms with E-state index in [9.17, 15) is 4.79 Å². The molecule has 1 amide bonds. The van der Waals surface area contributed by atoms with E-state index in [0.29, 0.717) is 6.04 Å². The van der Waals surface area contributed by atoms with Gasteiger partial charge in [-0.2, -0.15) is 0 Å². The van der Waals surface area contributed by atoms with Gasteiger partial charge in [-0.05, 0) is 56.8 Å². The number of piperidine rings is 1. The molecule has 2 fully saturated rings. The van der Waals surface area contributed by atoms with Crippen LogP contribution in [0.15, 0.2) is 18.3 Å². The first-order valence-corrected chi connectivity index (χ1v) is 7.00. The molecule has 1 aromatic rings. The quantitative estimate of drug-likeness (QED) is 0.848. The predicted molar refractivity (Wildman–Crippen MR) is 70.6 cm³/mol. The van der Waals surface area contributed by atoms with Gasteiger partial charge in [0, 0.05) is 18.8 Å². The highest BCUT2D eigenvalue weighted by atomic mass is 16.1. The second kappa shape index (κ2) is 5.14. The molecule has 0 unspecified atom stereocenters. The summed E-state index contributed by atoms with van der Waals surface area (Å²) in [6.07, 6.45) is 6.81. The van der Waals surface area contributed by atoms with Crippen LogP contribution in [-0.2, 0) is 0 Å². The Morgan fingerprint density at radius 3 is 2.83 bits per heavy atom. The first-order valence-electron chi connectivity index (χ1n) is 7.00. The van der Waals surface area contributed by atoms with E-state index in [1.807, 2.05) is 18.3 Å². The number of rotatable bonds is 4. The summed E-state index contributed by atoms with van der Waals surface area (Å²) in [6.45, 7) is 2.94. The molecule has 1 aliphatic carbocycles. The van der Waals surface area contributed by atoms with Crippen LogP contribution in [0.5, 0.6) is 0 Å². The predicted octanol–water partition coefficient (Wildman–Crippen LogP) is 1.55. The van der Waals surface area contributed by atoms with Gasteiger partial charge in [0.2, 0.25) is 0 Å². The van der Waals surface area contributed by atoms with Crippen molar-refractivity contribution in [2.24, 2.45) is 5.92 Å². The van der Waals surface area contributed by atoms with Crippen molar-refractivity contribution in [2.75, 3.05) is 19.6 Å². The highest BCUT2D eigenvalue weighted by Crippen LogP contribution is 2.27. The highest BCUT2D eigenvalue weighted by Gasteiger charge is 2.24. The Hall–Kier alpha value is -1.29. The Morgan fingerprint density at radius 1 is 1.33 bits per heavy atom. The van der Waals surface area contributed by atoms with Gasteiger partial charge in [-0.1, -0.05) is 0 Å². The minimum atomic E-state index is 0.0884. The first-order chi connectivity index (χ1) is 8.84. The average Bonchev–Trinajstić information content (AvgIpc) is 3.11. The molecule has 2 aliphatic rings. The van der Waals surface area contributed by atoms with E-state index in [0.717, 1.165) is 44.1 Å². The van der Waals surface area contributed by atoms with Gasteiger partial charge in [-0.15, -0.1) is 0 Å². The summed E-state index contributed by atoms with van der Waals surface area (Å²) >= 11 is 0. The van der Waals surface area contributed by atoms with E-state index < -0.39 is 0 Å². The van der Waals surface area contributed by atoms with E-state index in [2.05, 4.69) is 15.2 Å². The van der Waals surface area contributed by atoms with Crippen molar-refractivity contribution in [3.8, 4) is 0 Å². The minimum Gasteiger partial charge on any atom is -0.350 e. The molecule has 18 heavy (non-hydrogen) atoms. The molecule has 1 aliphatic heterocycles. The van der Waals surface area contributed by atoms with Gasteiger partial charge in [0.1, 0.15) is 5.69 Å². The van der Waals surface area contributed by atoms with E-state index in [4.69, 9.17) is 0 Å². The number of carbonyl (C=O) groups excluding carboxylic acids is 1. The van der Waals surface area contributed by atoms with Gasteiger partial charge in [0.25, 0.3) is 5.91 Å². The molecule has 0 bridgehead atoms. The van der Waals surface area contributed by atoms with Gasteiger partial charge in [-0.3, -0.25) is 4.79 Å². The van der Waals surface area contributed by atoms with Crippen LogP contribution in [0.3, 0.4) is 0 Å². The van der Waals surface area contributed by atoms with E-state index >= 15 is 0 Å². The molecule has 0 radical (unpaired) electrons. The number of nitrogens with zero attached hydrogens (tertiary/aromatic N) is 1. The van der Waals surface area contributed by atoms with Crippen LogP contribution < -0.4 is 10.6 Å². The highest BCUT2D eigenvalue weighted by molar-refractivity contribution is 5.92. The lowest BCUT2D eigenvalue weighted by Crippen LogP contribution is -2.33. The molecule has 3 rings (SSSR count). The van der Waals surface area contributed by atoms with Crippen LogP contribution in [0.25, 0.3) is 0 Å². The second-order valence-corrected chi connectivity index (χ2v) is 5.44. The van der Waals surface area contributed by atoms with Crippen molar-refractivity contribution in [1.29, 1.82) is 0 Å². The normalized spacial score (nSPS) is 20.9. The van der Waals surface area contributed by atoms with Crippen LogP contribution in [-0.4, -0.2) is 30.1 Å². The fourth-order valence-electron chi connectivity index (χ4n) is 2.64. The Kier molecular flexibility index (Phi) is 3.37. The van der Waals surface area contributed by atoms with Crippen molar-refractivity contribution >= 4 is 5.91 Å². The molecule has 0 atom stereocenters. The zero-order valence-electron chi connectivity index (χ0n) is 10.7. The molecule has 2 N–H and O–H groups in total. The minimum absolute atomic E-state index is 0.0884. The Morgan fingerprint density at radius 2 is 2.11 bits per heavy atom. The molecule has 4 heteroatoms. The van der Waals surface area contributed by atoms with Gasteiger partial charge in [0.05, 0.1) is 0 Å². The van der Waals surface area contributed by atoms with Crippen LogP contribution in [0.2, 0.25) is 0 Å². The largest absolute Gasteiger partial charge is 0.350 e. The summed E-state index contributed by atoms with van der Waals surface area (Å²) in [4.78, 5) is 12.2. The maximum atomic E-state index is 12.2. The van der Waals surface area contributed by atoms with Gasteiger partial charge < -0.3 is 15.2 Å². The summed E-state index contributed by atoms with van der Waals surface area (Å²) in [5, 5.41) is 6.41. The lowest BCUT2D eigenvalue weighted by atomic mass is 10.1. The number of carbonyl (C=O) groups is 1. The van der Waals surface area contributed by atoms with Crippen LogP contribution in [0, 0.1) is 5.92 Å². The second-order valence-electron chi connectivity index (χ2n) is 5.44. The third kappa shape index (κ3) is 2.58. The summed E-state index contributed by atoms with van der Waals surface area (Å²) in [7, 11) is 0. The summed E-state index contributed by atoms with van der Waals surface area (Å²) in [6, 6.07) is 4.39. The van der Waals surface area contributed by atoms with E-state index in [1.165, 1.54) is 12.8 Å². The van der Waals surface area contributed by atoms with Gasteiger partial charge in [0.15, 0.2) is 0 Å². The topological polar surface area (TPSA) is 46.1 Å². The summed E-state index contributed by atoms with van der Waals surface area (Å²) < 4.78 is 2.16. The average molecular weight is 247 g/mol. The maximum Gasteiger partial charge on any atom is 0.267 e. The van der Waals surface area contributed by atoms with Crippen molar-refractivity contribution in [3.05, 3.63) is 24.0 Å². The fraction of sp³-hybridized carbons (Fsp3) is 0.643. The third-order valence-corrected chi connectivity index (χ3v) is 3.96. The van der Waals surface area contributed by atoms with Gasteiger partial charge >= 0.3 is 0 Å². The standard InChI is InChI=1S/C14H21N3O/c18-14(16-10-11-3-4-11)13-2-1-9-17(13)12-5-7-15-8-6-12/h1-2,9,11-12,15H,3-8,10H2,(H,16,18). The fourth-order valence-corrected chi connectivity index (χ4v) is 2.64. The molecule has 1 aromatic heterocycles. The van der Waals surface area contributed by atoms with E-state index in [1.54, 1.807) is 0 Å². The van der Waals surface area contributed by atoms with Crippen molar-refractivity contribution in [3.63, 3.8) is 0 Å². The lowest BCUT2D eigenvalue weighted by molar-refractivity contribution is 0.0939. The molecule has 1 saturated heterocycles. The number of amides is 1. The third-order valence-electron chi connectivity index (χ3n) is 3.96. The number of hydrogen-bond donors (Lipinski definition) is 2. The molecular formula is C14H21N3O. The molecule has 2 heterocycles. The summed E-state index contributed by atoms with van der Waals surface area (Å²) in [5.41, 5.74) is 0.822. The molecule has 1 saturated carbocycles. The molecule has 0 spiro atoms. The van der Waals surface area contributed by atoms with Crippen molar-refractivity contribution in [1.82, 2.24) is 15.2 Å². The Balaban J connectivity index is 1.66. The van der Waals surface area contributed by atoms with Crippen LogP contribution >= 0.6 is 0 Å². The summed E-state index contributed by atoms with van der Waals surface area (Å²) in [5.74, 6) is 0.821. The lowest BCUT2D eigenvalue weighted by Gasteiger charge is -2.25.